The third kappa shape index (κ3) is 2.44. The van der Waals surface area contributed by atoms with Crippen LogP contribution < -0.4 is 10.5 Å². The predicted molar refractivity (Wildman–Crippen MR) is 52.6 cm³/mol. The molecule has 2 heterocycles. The molecule has 5 heteroatoms. The molecule has 0 unspecified atom stereocenters. The van der Waals surface area contributed by atoms with Gasteiger partial charge < -0.3 is 15.2 Å². The van der Waals surface area contributed by atoms with Gasteiger partial charge in [-0.3, -0.25) is 4.79 Å². The minimum absolute atomic E-state index is 0.0666. The van der Waals surface area contributed by atoms with E-state index in [1.54, 1.807) is 12.1 Å². The van der Waals surface area contributed by atoms with E-state index >= 15 is 0 Å². The van der Waals surface area contributed by atoms with Crippen LogP contribution >= 0.6 is 0 Å². The lowest BCUT2D eigenvalue weighted by molar-refractivity contribution is 0.0999. The molecule has 0 spiro atoms. The molecule has 80 valence electrons. The summed E-state index contributed by atoms with van der Waals surface area (Å²) >= 11 is 0. The highest BCUT2D eigenvalue weighted by Crippen LogP contribution is 2.14. The number of ether oxygens (including phenoxy) is 2. The third-order valence-corrected chi connectivity index (χ3v) is 2.20. The molecular formula is C10H12N2O3. The third-order valence-electron chi connectivity index (χ3n) is 2.20. The largest absolute Gasteiger partial charge is 0.472 e. The molecule has 0 aliphatic carbocycles. The van der Waals surface area contributed by atoms with Crippen LogP contribution in [0.2, 0.25) is 0 Å². The zero-order valence-electron chi connectivity index (χ0n) is 8.18. The molecule has 1 amide bonds. The van der Waals surface area contributed by atoms with Gasteiger partial charge in [-0.1, -0.05) is 0 Å². The monoisotopic (exact) mass is 208 g/mol. The fourth-order valence-electron chi connectivity index (χ4n) is 1.37. The second-order valence-corrected chi connectivity index (χ2v) is 3.35. The van der Waals surface area contributed by atoms with Crippen LogP contribution in [-0.2, 0) is 4.74 Å². The summed E-state index contributed by atoms with van der Waals surface area (Å²) in [5, 5.41) is 0. The standard InChI is InChI=1S/C10H12N2O3/c11-10(13)7-1-2-9(12-5-7)15-8-3-4-14-6-8/h1-2,5,8H,3-4,6H2,(H2,11,13)/t8-/m1/s1. The lowest BCUT2D eigenvalue weighted by Crippen LogP contribution is -2.17. The number of pyridine rings is 1. The Kier molecular flexibility index (Phi) is 2.82. The van der Waals surface area contributed by atoms with E-state index in [0.29, 0.717) is 18.1 Å². The molecule has 2 rings (SSSR count). The molecule has 1 atom stereocenters. The minimum Gasteiger partial charge on any atom is -0.472 e. The molecule has 0 radical (unpaired) electrons. The van der Waals surface area contributed by atoms with E-state index in [1.807, 2.05) is 0 Å². The second-order valence-electron chi connectivity index (χ2n) is 3.35. The summed E-state index contributed by atoms with van der Waals surface area (Å²) in [5.41, 5.74) is 5.47. The zero-order chi connectivity index (χ0) is 10.7. The van der Waals surface area contributed by atoms with Gasteiger partial charge >= 0.3 is 0 Å². The van der Waals surface area contributed by atoms with Crippen molar-refractivity contribution in [1.82, 2.24) is 4.98 Å². The average Bonchev–Trinajstić information content (AvgIpc) is 2.71. The Morgan fingerprint density at radius 2 is 2.47 bits per heavy atom. The first-order valence-electron chi connectivity index (χ1n) is 4.76. The quantitative estimate of drug-likeness (QED) is 0.777. The van der Waals surface area contributed by atoms with Crippen LogP contribution in [0.1, 0.15) is 16.8 Å². The van der Waals surface area contributed by atoms with Crippen molar-refractivity contribution >= 4 is 5.91 Å². The maximum atomic E-state index is 10.8. The molecule has 0 aromatic carbocycles. The first-order valence-corrected chi connectivity index (χ1v) is 4.76. The summed E-state index contributed by atoms with van der Waals surface area (Å²) in [6, 6.07) is 3.24. The summed E-state index contributed by atoms with van der Waals surface area (Å²) < 4.78 is 10.7. The molecule has 1 fully saturated rings. The lowest BCUT2D eigenvalue weighted by Gasteiger charge is -2.10. The Morgan fingerprint density at radius 1 is 1.60 bits per heavy atom. The van der Waals surface area contributed by atoms with Crippen molar-refractivity contribution in [2.24, 2.45) is 5.73 Å². The fraction of sp³-hybridized carbons (Fsp3) is 0.400. The second kappa shape index (κ2) is 4.27. The van der Waals surface area contributed by atoms with Crippen molar-refractivity contribution in [1.29, 1.82) is 0 Å². The highest BCUT2D eigenvalue weighted by Gasteiger charge is 2.17. The van der Waals surface area contributed by atoms with E-state index in [4.69, 9.17) is 15.2 Å². The summed E-state index contributed by atoms with van der Waals surface area (Å²) in [5.74, 6) is 0.00810. The van der Waals surface area contributed by atoms with Gasteiger partial charge in [-0.2, -0.15) is 0 Å². The highest BCUT2D eigenvalue weighted by atomic mass is 16.5. The molecule has 1 saturated heterocycles. The Hall–Kier alpha value is -1.62. The average molecular weight is 208 g/mol. The molecule has 5 nitrogen and oxygen atoms in total. The van der Waals surface area contributed by atoms with Gasteiger partial charge in [0.05, 0.1) is 18.8 Å². The van der Waals surface area contributed by atoms with Crippen molar-refractivity contribution in [2.45, 2.75) is 12.5 Å². The van der Waals surface area contributed by atoms with E-state index in [-0.39, 0.29) is 6.10 Å². The molecule has 2 N–H and O–H groups in total. The van der Waals surface area contributed by atoms with Gasteiger partial charge in [0, 0.05) is 18.7 Å². The predicted octanol–water partition coefficient (Wildman–Crippen LogP) is 0.348. The number of primary amides is 1. The van der Waals surface area contributed by atoms with Crippen molar-refractivity contribution in [2.75, 3.05) is 13.2 Å². The Balaban J connectivity index is 2.00. The Bertz CT molecular complexity index is 344. The van der Waals surface area contributed by atoms with Gasteiger partial charge in [0.15, 0.2) is 0 Å². The number of hydrogen-bond acceptors (Lipinski definition) is 4. The van der Waals surface area contributed by atoms with Gasteiger partial charge in [0.1, 0.15) is 6.10 Å². The van der Waals surface area contributed by atoms with Crippen LogP contribution in [0.5, 0.6) is 5.88 Å². The first kappa shape index (κ1) is 9.92. The first-order chi connectivity index (χ1) is 7.25. The maximum Gasteiger partial charge on any atom is 0.250 e. The van der Waals surface area contributed by atoms with Crippen LogP contribution in [0, 0.1) is 0 Å². The van der Waals surface area contributed by atoms with Gasteiger partial charge in [-0.15, -0.1) is 0 Å². The van der Waals surface area contributed by atoms with Gasteiger partial charge in [-0.05, 0) is 6.07 Å². The molecule has 1 aromatic rings. The van der Waals surface area contributed by atoms with E-state index in [2.05, 4.69) is 4.98 Å². The summed E-state index contributed by atoms with van der Waals surface area (Å²) in [6.45, 7) is 1.32. The number of nitrogens with two attached hydrogens (primary N) is 1. The lowest BCUT2D eigenvalue weighted by atomic mass is 10.3. The number of carbonyl (C=O) groups is 1. The van der Waals surface area contributed by atoms with Crippen LogP contribution in [0.3, 0.4) is 0 Å². The fourth-order valence-corrected chi connectivity index (χ4v) is 1.37. The highest BCUT2D eigenvalue weighted by molar-refractivity contribution is 5.92. The van der Waals surface area contributed by atoms with Gasteiger partial charge in [0.25, 0.3) is 0 Å². The molecule has 1 aromatic heterocycles. The van der Waals surface area contributed by atoms with E-state index in [1.165, 1.54) is 6.20 Å². The van der Waals surface area contributed by atoms with Crippen molar-refractivity contribution in [3.63, 3.8) is 0 Å². The van der Waals surface area contributed by atoms with E-state index in [9.17, 15) is 4.79 Å². The smallest absolute Gasteiger partial charge is 0.250 e. The number of amides is 1. The van der Waals surface area contributed by atoms with Crippen LogP contribution in [-0.4, -0.2) is 30.2 Å². The van der Waals surface area contributed by atoms with Crippen molar-refractivity contribution in [3.05, 3.63) is 23.9 Å². The maximum absolute atomic E-state index is 10.8. The normalized spacial score (nSPS) is 20.1. The Labute approximate surface area is 87.2 Å². The number of nitrogens with zero attached hydrogens (tertiary/aromatic N) is 1. The molecule has 0 bridgehead atoms. The number of carbonyl (C=O) groups excluding carboxylic acids is 1. The van der Waals surface area contributed by atoms with Crippen molar-refractivity contribution in [3.8, 4) is 5.88 Å². The van der Waals surface area contributed by atoms with Gasteiger partial charge in [0.2, 0.25) is 11.8 Å². The topological polar surface area (TPSA) is 74.4 Å². The number of hydrogen-bond donors (Lipinski definition) is 1. The summed E-state index contributed by atoms with van der Waals surface area (Å²) in [6.07, 6.45) is 2.35. The molecule has 1 aliphatic heterocycles. The summed E-state index contributed by atoms with van der Waals surface area (Å²) in [4.78, 5) is 14.8. The molecule has 0 saturated carbocycles. The van der Waals surface area contributed by atoms with Gasteiger partial charge in [-0.25, -0.2) is 4.98 Å². The van der Waals surface area contributed by atoms with E-state index < -0.39 is 5.91 Å². The molecular weight excluding hydrogens is 196 g/mol. The zero-order valence-corrected chi connectivity index (χ0v) is 8.18. The number of rotatable bonds is 3. The van der Waals surface area contributed by atoms with Crippen LogP contribution in [0.4, 0.5) is 0 Å². The van der Waals surface area contributed by atoms with E-state index in [0.717, 1.165) is 13.0 Å². The summed E-state index contributed by atoms with van der Waals surface area (Å²) in [7, 11) is 0. The number of aromatic nitrogens is 1. The van der Waals surface area contributed by atoms with Crippen LogP contribution in [0.15, 0.2) is 18.3 Å². The molecule has 1 aliphatic rings. The minimum atomic E-state index is -0.488. The molecule has 15 heavy (non-hydrogen) atoms. The van der Waals surface area contributed by atoms with Crippen LogP contribution in [0.25, 0.3) is 0 Å². The Morgan fingerprint density at radius 3 is 3.00 bits per heavy atom. The SMILES string of the molecule is NC(=O)c1ccc(O[C@@H]2CCOC2)nc1. The van der Waals surface area contributed by atoms with Crippen molar-refractivity contribution < 1.29 is 14.3 Å².